The molecular weight excluding hydrogens is 423 g/mol. The summed E-state index contributed by atoms with van der Waals surface area (Å²) in [6, 6.07) is 23.9. The molecule has 1 aliphatic rings. The lowest BCUT2D eigenvalue weighted by atomic mass is 9.98. The maximum atomic E-state index is 14.7. The van der Waals surface area contributed by atoms with Gasteiger partial charge in [-0.2, -0.15) is 0 Å². The first-order valence-electron chi connectivity index (χ1n) is 12.5. The molecule has 1 heterocycles. The molecule has 0 spiro atoms. The topological polar surface area (TPSA) is 15.7 Å². The highest BCUT2D eigenvalue weighted by Crippen LogP contribution is 2.30. The predicted octanol–water partition coefficient (Wildman–Crippen LogP) is 6.59. The summed E-state index contributed by atoms with van der Waals surface area (Å²) in [5.41, 5.74) is 4.54. The van der Waals surface area contributed by atoms with E-state index in [1.807, 2.05) is 18.2 Å². The molecule has 0 saturated carbocycles. The molecule has 3 aromatic rings. The van der Waals surface area contributed by atoms with Crippen LogP contribution >= 0.6 is 0 Å². The number of aryl methyl sites for hydroxylation is 1. The lowest BCUT2D eigenvalue weighted by molar-refractivity contribution is 0.106. The Morgan fingerprint density at radius 1 is 0.824 bits per heavy atom. The zero-order chi connectivity index (χ0) is 23.9. The molecule has 180 valence electrons. The fourth-order valence-electron chi connectivity index (χ4n) is 4.86. The molecule has 1 aliphatic heterocycles. The van der Waals surface area contributed by atoms with Crippen molar-refractivity contribution in [3.63, 3.8) is 0 Å². The standard InChI is InChI=1S/C30H37FN2O/c1-23(2)27-14-13-26(21-24(27)3)34-30(28-11-7-8-12-29(28)31)15-16-32-17-19-33(20-18-32)22-25-9-5-4-6-10-25/h4-14,21,23,30H,15-20,22H2,1-3H3/t30-/m0/s1. The molecule has 1 atom stereocenters. The van der Waals surface area contributed by atoms with Gasteiger partial charge in [0, 0.05) is 51.3 Å². The number of halogens is 1. The summed E-state index contributed by atoms with van der Waals surface area (Å²) in [6.07, 6.45) is 0.442. The van der Waals surface area contributed by atoms with E-state index in [1.165, 1.54) is 22.8 Å². The fourth-order valence-corrected chi connectivity index (χ4v) is 4.86. The Bertz CT molecular complexity index is 1040. The summed E-state index contributed by atoms with van der Waals surface area (Å²) in [5, 5.41) is 0. The molecule has 0 aromatic heterocycles. The predicted molar refractivity (Wildman–Crippen MR) is 138 cm³/mol. The molecule has 1 saturated heterocycles. The maximum absolute atomic E-state index is 14.7. The van der Waals surface area contributed by atoms with E-state index in [0.29, 0.717) is 11.5 Å². The molecule has 3 nitrogen and oxygen atoms in total. The van der Waals surface area contributed by atoms with Crippen molar-refractivity contribution in [3.05, 3.63) is 101 Å². The molecular formula is C30H37FN2O. The Morgan fingerprint density at radius 3 is 2.18 bits per heavy atom. The van der Waals surface area contributed by atoms with E-state index in [1.54, 1.807) is 6.07 Å². The average molecular weight is 461 g/mol. The van der Waals surface area contributed by atoms with Crippen LogP contribution in [0.25, 0.3) is 0 Å². The second kappa shape index (κ2) is 11.6. The van der Waals surface area contributed by atoms with Gasteiger partial charge in [-0.05, 0) is 47.7 Å². The van der Waals surface area contributed by atoms with Crippen molar-refractivity contribution < 1.29 is 9.13 Å². The third-order valence-corrected chi connectivity index (χ3v) is 6.82. The summed E-state index contributed by atoms with van der Waals surface area (Å²) in [7, 11) is 0. The van der Waals surface area contributed by atoms with Gasteiger partial charge >= 0.3 is 0 Å². The van der Waals surface area contributed by atoms with Crippen LogP contribution in [0.3, 0.4) is 0 Å². The number of benzene rings is 3. The first-order chi connectivity index (χ1) is 16.5. The Kier molecular flexibility index (Phi) is 8.36. The lowest BCUT2D eigenvalue weighted by Crippen LogP contribution is -2.46. The van der Waals surface area contributed by atoms with Gasteiger partial charge in [-0.3, -0.25) is 4.90 Å². The zero-order valence-electron chi connectivity index (χ0n) is 20.7. The van der Waals surface area contributed by atoms with Crippen LogP contribution in [-0.2, 0) is 6.54 Å². The van der Waals surface area contributed by atoms with Crippen molar-refractivity contribution in [2.45, 2.75) is 45.8 Å². The normalized spacial score (nSPS) is 16.0. The third kappa shape index (κ3) is 6.46. The first kappa shape index (κ1) is 24.4. The Hall–Kier alpha value is -2.69. The van der Waals surface area contributed by atoms with Gasteiger partial charge in [0.15, 0.2) is 0 Å². The third-order valence-electron chi connectivity index (χ3n) is 6.82. The van der Waals surface area contributed by atoms with E-state index >= 15 is 0 Å². The highest BCUT2D eigenvalue weighted by Gasteiger charge is 2.22. The minimum Gasteiger partial charge on any atom is -0.486 e. The molecule has 0 bridgehead atoms. The number of nitrogens with zero attached hydrogens (tertiary/aromatic N) is 2. The molecule has 0 unspecified atom stereocenters. The number of rotatable bonds is 9. The fraction of sp³-hybridized carbons (Fsp3) is 0.400. The van der Waals surface area contributed by atoms with Gasteiger partial charge in [0.05, 0.1) is 0 Å². The molecule has 34 heavy (non-hydrogen) atoms. The van der Waals surface area contributed by atoms with Crippen molar-refractivity contribution in [2.24, 2.45) is 0 Å². The molecule has 0 amide bonds. The number of piperazine rings is 1. The molecule has 3 aromatic carbocycles. The van der Waals surface area contributed by atoms with E-state index < -0.39 is 0 Å². The quantitative estimate of drug-likeness (QED) is 0.358. The number of hydrogen-bond donors (Lipinski definition) is 0. The number of ether oxygens (including phenoxy) is 1. The SMILES string of the molecule is Cc1cc(O[C@@H](CCN2CCN(Cc3ccccc3)CC2)c2ccccc2F)ccc1C(C)C. The second-order valence-electron chi connectivity index (χ2n) is 9.69. The highest BCUT2D eigenvalue weighted by molar-refractivity contribution is 5.37. The van der Waals surface area contributed by atoms with Crippen molar-refractivity contribution >= 4 is 0 Å². The largest absolute Gasteiger partial charge is 0.486 e. The van der Waals surface area contributed by atoms with Crippen LogP contribution in [0.4, 0.5) is 4.39 Å². The van der Waals surface area contributed by atoms with Crippen LogP contribution in [0.15, 0.2) is 72.8 Å². The molecule has 0 radical (unpaired) electrons. The smallest absolute Gasteiger partial charge is 0.130 e. The van der Waals surface area contributed by atoms with Gasteiger partial charge < -0.3 is 9.64 Å². The van der Waals surface area contributed by atoms with Crippen LogP contribution < -0.4 is 4.74 Å². The minimum atomic E-state index is -0.312. The van der Waals surface area contributed by atoms with Crippen LogP contribution in [0.5, 0.6) is 5.75 Å². The van der Waals surface area contributed by atoms with E-state index in [2.05, 4.69) is 73.0 Å². The Labute approximate surface area is 204 Å². The van der Waals surface area contributed by atoms with Crippen LogP contribution in [0.2, 0.25) is 0 Å². The monoisotopic (exact) mass is 460 g/mol. The van der Waals surface area contributed by atoms with Gasteiger partial charge in [0.25, 0.3) is 0 Å². The summed E-state index contributed by atoms with van der Waals surface area (Å²) in [4.78, 5) is 4.99. The van der Waals surface area contributed by atoms with Crippen LogP contribution in [-0.4, -0.2) is 42.5 Å². The van der Waals surface area contributed by atoms with E-state index in [9.17, 15) is 4.39 Å². The summed E-state index contributed by atoms with van der Waals surface area (Å²) >= 11 is 0. The van der Waals surface area contributed by atoms with Gasteiger partial charge in [0.2, 0.25) is 0 Å². The van der Waals surface area contributed by atoms with E-state index in [-0.39, 0.29) is 11.9 Å². The highest BCUT2D eigenvalue weighted by atomic mass is 19.1. The summed E-state index contributed by atoms with van der Waals surface area (Å²) in [6.45, 7) is 12.6. The second-order valence-corrected chi connectivity index (χ2v) is 9.69. The van der Waals surface area contributed by atoms with Gasteiger partial charge in [-0.15, -0.1) is 0 Å². The molecule has 4 heteroatoms. The molecule has 4 rings (SSSR count). The average Bonchev–Trinajstić information content (AvgIpc) is 2.83. The van der Waals surface area contributed by atoms with E-state index in [4.69, 9.17) is 4.74 Å². The van der Waals surface area contributed by atoms with Gasteiger partial charge in [-0.25, -0.2) is 4.39 Å². The van der Waals surface area contributed by atoms with Crippen molar-refractivity contribution in [1.29, 1.82) is 0 Å². The maximum Gasteiger partial charge on any atom is 0.130 e. The Morgan fingerprint density at radius 2 is 1.50 bits per heavy atom. The minimum absolute atomic E-state index is 0.198. The molecule has 1 fully saturated rings. The van der Waals surface area contributed by atoms with Gasteiger partial charge in [-0.1, -0.05) is 68.4 Å². The number of hydrogen-bond acceptors (Lipinski definition) is 3. The summed E-state index contributed by atoms with van der Waals surface area (Å²) in [5.74, 6) is 1.08. The van der Waals surface area contributed by atoms with E-state index in [0.717, 1.165) is 51.4 Å². The molecule has 0 aliphatic carbocycles. The first-order valence-corrected chi connectivity index (χ1v) is 12.5. The van der Waals surface area contributed by atoms with Crippen molar-refractivity contribution in [3.8, 4) is 5.75 Å². The van der Waals surface area contributed by atoms with Crippen LogP contribution in [0, 0.1) is 12.7 Å². The zero-order valence-corrected chi connectivity index (χ0v) is 20.7. The Balaban J connectivity index is 1.38. The molecule has 0 N–H and O–H groups in total. The van der Waals surface area contributed by atoms with Crippen LogP contribution in [0.1, 0.15) is 54.5 Å². The van der Waals surface area contributed by atoms with Crippen molar-refractivity contribution in [2.75, 3.05) is 32.7 Å². The lowest BCUT2D eigenvalue weighted by Gasteiger charge is -2.35. The van der Waals surface area contributed by atoms with Gasteiger partial charge in [0.1, 0.15) is 17.7 Å². The summed E-state index contributed by atoms with van der Waals surface area (Å²) < 4.78 is 21.1. The van der Waals surface area contributed by atoms with Crippen molar-refractivity contribution in [1.82, 2.24) is 9.80 Å².